The number of nitrogens with zero attached hydrogens (tertiary/aromatic N) is 4. The summed E-state index contributed by atoms with van der Waals surface area (Å²) in [6.07, 6.45) is 5.29. The topological polar surface area (TPSA) is 81.8 Å². The van der Waals surface area contributed by atoms with E-state index < -0.39 is 0 Å². The molecule has 2 aromatic heterocycles. The van der Waals surface area contributed by atoms with Gasteiger partial charge in [-0.05, 0) is 13.3 Å². The molecule has 0 fully saturated rings. The van der Waals surface area contributed by atoms with Crippen LogP contribution in [-0.2, 0) is 4.79 Å². The summed E-state index contributed by atoms with van der Waals surface area (Å²) in [5.41, 5.74) is 0.529. The normalized spacial score (nSPS) is 12.4. The maximum atomic E-state index is 11.4. The van der Waals surface area contributed by atoms with Crippen molar-refractivity contribution in [1.29, 1.82) is 0 Å². The van der Waals surface area contributed by atoms with Gasteiger partial charge in [-0.15, -0.1) is 0 Å². The fourth-order valence-electron chi connectivity index (χ4n) is 1.53. The van der Waals surface area contributed by atoms with Gasteiger partial charge in [-0.25, -0.2) is 4.98 Å². The van der Waals surface area contributed by atoms with Gasteiger partial charge in [-0.1, -0.05) is 12.1 Å². The molecule has 0 amide bonds. The molecule has 0 spiro atoms. The minimum atomic E-state index is -0.340. The zero-order chi connectivity index (χ0) is 12.3. The number of Topliss-reactive ketones (excluding diaryl/α,β-unsaturated/α-hetero) is 1. The molecule has 6 heteroatoms. The van der Waals surface area contributed by atoms with E-state index in [4.69, 9.17) is 4.52 Å². The van der Waals surface area contributed by atoms with E-state index in [1.54, 1.807) is 18.6 Å². The SMILES string of the molecule is CCC(C(C)=O)c1nc(-c2cnccn2)no1. The molecule has 0 saturated carbocycles. The molecule has 0 aromatic carbocycles. The van der Waals surface area contributed by atoms with Gasteiger partial charge in [0.2, 0.25) is 11.7 Å². The van der Waals surface area contributed by atoms with Gasteiger partial charge >= 0.3 is 0 Å². The van der Waals surface area contributed by atoms with E-state index in [9.17, 15) is 4.79 Å². The molecule has 2 aromatic rings. The molecule has 0 aliphatic rings. The van der Waals surface area contributed by atoms with Gasteiger partial charge in [0.1, 0.15) is 11.5 Å². The Morgan fingerprint density at radius 3 is 2.88 bits per heavy atom. The van der Waals surface area contributed by atoms with Crippen LogP contribution in [0.3, 0.4) is 0 Å². The predicted molar refractivity (Wildman–Crippen MR) is 59.0 cm³/mol. The van der Waals surface area contributed by atoms with Gasteiger partial charge in [-0.2, -0.15) is 4.98 Å². The van der Waals surface area contributed by atoms with Crippen molar-refractivity contribution in [2.75, 3.05) is 0 Å². The van der Waals surface area contributed by atoms with Crippen LogP contribution in [-0.4, -0.2) is 25.9 Å². The maximum absolute atomic E-state index is 11.4. The Bertz CT molecular complexity index is 509. The first-order valence-corrected chi connectivity index (χ1v) is 5.32. The van der Waals surface area contributed by atoms with Crippen LogP contribution in [0.1, 0.15) is 32.1 Å². The van der Waals surface area contributed by atoms with Crippen LogP contribution < -0.4 is 0 Å². The Hall–Kier alpha value is -2.11. The zero-order valence-electron chi connectivity index (χ0n) is 9.62. The van der Waals surface area contributed by atoms with Crippen molar-refractivity contribution < 1.29 is 9.32 Å². The van der Waals surface area contributed by atoms with Crippen LogP contribution in [0.15, 0.2) is 23.1 Å². The van der Waals surface area contributed by atoms with E-state index in [0.717, 1.165) is 0 Å². The van der Waals surface area contributed by atoms with E-state index in [-0.39, 0.29) is 11.7 Å². The molecule has 1 atom stereocenters. The summed E-state index contributed by atoms with van der Waals surface area (Å²) in [5.74, 6) is 0.364. The molecular formula is C11H12N4O2. The number of ketones is 1. The molecule has 0 aliphatic heterocycles. The number of aromatic nitrogens is 4. The minimum Gasteiger partial charge on any atom is -0.338 e. The standard InChI is InChI=1S/C11H12N4O2/c1-3-8(7(2)16)11-14-10(15-17-11)9-6-12-4-5-13-9/h4-6,8H,3H2,1-2H3. The Labute approximate surface area is 98.1 Å². The van der Waals surface area contributed by atoms with Gasteiger partial charge in [0, 0.05) is 12.4 Å². The second-order valence-corrected chi connectivity index (χ2v) is 3.62. The van der Waals surface area contributed by atoms with Crippen LogP contribution in [0, 0.1) is 0 Å². The number of hydrogen-bond acceptors (Lipinski definition) is 6. The third kappa shape index (κ3) is 2.35. The molecule has 6 nitrogen and oxygen atoms in total. The highest BCUT2D eigenvalue weighted by Gasteiger charge is 2.22. The Kier molecular flexibility index (Phi) is 3.22. The summed E-state index contributed by atoms with van der Waals surface area (Å²) in [4.78, 5) is 23.5. The van der Waals surface area contributed by atoms with Gasteiger partial charge < -0.3 is 4.52 Å². The lowest BCUT2D eigenvalue weighted by Crippen LogP contribution is -2.07. The molecule has 2 rings (SSSR count). The van der Waals surface area contributed by atoms with Crippen LogP contribution >= 0.6 is 0 Å². The third-order valence-electron chi connectivity index (χ3n) is 2.43. The highest BCUT2D eigenvalue weighted by atomic mass is 16.5. The van der Waals surface area contributed by atoms with E-state index in [2.05, 4.69) is 20.1 Å². The average molecular weight is 232 g/mol. The minimum absolute atomic E-state index is 0.0156. The number of carbonyl (C=O) groups is 1. The van der Waals surface area contributed by atoms with E-state index >= 15 is 0 Å². The monoisotopic (exact) mass is 232 g/mol. The number of carbonyl (C=O) groups excluding carboxylic acids is 1. The number of rotatable bonds is 4. The second-order valence-electron chi connectivity index (χ2n) is 3.62. The second kappa shape index (κ2) is 4.82. The molecule has 88 valence electrons. The van der Waals surface area contributed by atoms with Crippen molar-refractivity contribution in [2.24, 2.45) is 0 Å². The summed E-state index contributed by atoms with van der Waals surface area (Å²) >= 11 is 0. The lowest BCUT2D eigenvalue weighted by molar-refractivity contribution is -0.119. The van der Waals surface area contributed by atoms with Gasteiger partial charge in [0.25, 0.3) is 0 Å². The third-order valence-corrected chi connectivity index (χ3v) is 2.43. The lowest BCUT2D eigenvalue weighted by Gasteiger charge is -2.03. The fraction of sp³-hybridized carbons (Fsp3) is 0.364. The van der Waals surface area contributed by atoms with E-state index in [1.807, 2.05) is 6.92 Å². The summed E-state index contributed by atoms with van der Waals surface area (Å²) in [7, 11) is 0. The Morgan fingerprint density at radius 2 is 2.29 bits per heavy atom. The maximum Gasteiger partial charge on any atom is 0.237 e. The van der Waals surface area contributed by atoms with E-state index in [0.29, 0.717) is 23.8 Å². The number of hydrogen-bond donors (Lipinski definition) is 0. The molecule has 1 unspecified atom stereocenters. The van der Waals surface area contributed by atoms with Crippen molar-refractivity contribution in [3.05, 3.63) is 24.5 Å². The highest BCUT2D eigenvalue weighted by molar-refractivity contribution is 5.82. The summed E-state index contributed by atoms with van der Waals surface area (Å²) < 4.78 is 5.08. The van der Waals surface area contributed by atoms with E-state index in [1.165, 1.54) is 6.92 Å². The van der Waals surface area contributed by atoms with Crippen molar-refractivity contribution in [3.8, 4) is 11.5 Å². The van der Waals surface area contributed by atoms with Crippen LogP contribution in [0.25, 0.3) is 11.5 Å². The first-order valence-electron chi connectivity index (χ1n) is 5.32. The van der Waals surface area contributed by atoms with Gasteiger partial charge in [0.05, 0.1) is 12.1 Å². The molecule has 0 N–H and O–H groups in total. The van der Waals surface area contributed by atoms with Crippen molar-refractivity contribution in [3.63, 3.8) is 0 Å². The van der Waals surface area contributed by atoms with Crippen LogP contribution in [0.4, 0.5) is 0 Å². The lowest BCUT2D eigenvalue weighted by atomic mass is 10.0. The molecule has 0 radical (unpaired) electrons. The smallest absolute Gasteiger partial charge is 0.237 e. The molecule has 2 heterocycles. The summed E-state index contributed by atoms with van der Waals surface area (Å²) in [6.45, 7) is 3.42. The van der Waals surface area contributed by atoms with Gasteiger partial charge in [0.15, 0.2) is 0 Å². The highest BCUT2D eigenvalue weighted by Crippen LogP contribution is 2.21. The van der Waals surface area contributed by atoms with Gasteiger partial charge in [-0.3, -0.25) is 9.78 Å². The first-order chi connectivity index (χ1) is 8.22. The molecular weight excluding hydrogens is 220 g/mol. The molecule has 0 saturated heterocycles. The predicted octanol–water partition coefficient (Wildman–Crippen LogP) is 1.61. The fourth-order valence-corrected chi connectivity index (χ4v) is 1.53. The van der Waals surface area contributed by atoms with Crippen molar-refractivity contribution in [2.45, 2.75) is 26.2 Å². The Morgan fingerprint density at radius 1 is 1.47 bits per heavy atom. The Balaban J connectivity index is 2.30. The van der Waals surface area contributed by atoms with Crippen LogP contribution in [0.5, 0.6) is 0 Å². The molecule has 17 heavy (non-hydrogen) atoms. The summed E-state index contributed by atoms with van der Waals surface area (Å²) in [5, 5.41) is 3.80. The summed E-state index contributed by atoms with van der Waals surface area (Å²) in [6, 6.07) is 0. The molecule has 0 bridgehead atoms. The quantitative estimate of drug-likeness (QED) is 0.796. The average Bonchev–Trinajstić information content (AvgIpc) is 2.80. The van der Waals surface area contributed by atoms with Crippen molar-refractivity contribution in [1.82, 2.24) is 20.1 Å². The largest absolute Gasteiger partial charge is 0.338 e. The zero-order valence-corrected chi connectivity index (χ0v) is 9.62. The van der Waals surface area contributed by atoms with Crippen molar-refractivity contribution >= 4 is 5.78 Å². The van der Waals surface area contributed by atoms with Crippen LogP contribution in [0.2, 0.25) is 0 Å². The molecule has 0 aliphatic carbocycles. The first kappa shape index (κ1) is 11.4.